The number of rotatable bonds is 3. The van der Waals surface area contributed by atoms with Gasteiger partial charge in [-0.15, -0.1) is 11.8 Å². The Balaban J connectivity index is 1.82. The molecule has 2 heterocycles. The van der Waals surface area contributed by atoms with Crippen molar-refractivity contribution in [2.24, 2.45) is 0 Å². The first-order chi connectivity index (χ1) is 6.84. The molecule has 1 aliphatic rings. The molecule has 76 valence electrons. The summed E-state index contributed by atoms with van der Waals surface area (Å²) in [5.41, 5.74) is 6.29. The first kappa shape index (κ1) is 9.80. The summed E-state index contributed by atoms with van der Waals surface area (Å²) in [6.45, 7) is 1.17. The van der Waals surface area contributed by atoms with Gasteiger partial charge in [0.25, 0.3) is 0 Å². The van der Waals surface area contributed by atoms with Crippen LogP contribution in [-0.4, -0.2) is 23.3 Å². The van der Waals surface area contributed by atoms with Crippen LogP contribution in [0.1, 0.15) is 12.8 Å². The number of hydrogen-bond donors (Lipinski definition) is 2. The van der Waals surface area contributed by atoms with Gasteiger partial charge in [0.05, 0.1) is 16.9 Å². The summed E-state index contributed by atoms with van der Waals surface area (Å²) in [5, 5.41) is 4.53. The molecule has 0 amide bonds. The fraction of sp³-hybridized carbons (Fsp3) is 0.500. The van der Waals surface area contributed by atoms with Gasteiger partial charge in [-0.2, -0.15) is 0 Å². The van der Waals surface area contributed by atoms with Crippen LogP contribution >= 0.6 is 11.8 Å². The molecule has 0 aliphatic carbocycles. The van der Waals surface area contributed by atoms with E-state index in [1.165, 1.54) is 19.4 Å². The highest BCUT2D eigenvalue weighted by Crippen LogP contribution is 2.19. The molecule has 14 heavy (non-hydrogen) atoms. The maximum Gasteiger partial charge on any atom is 0.0962 e. The van der Waals surface area contributed by atoms with Crippen molar-refractivity contribution in [3.63, 3.8) is 0 Å². The van der Waals surface area contributed by atoms with Crippen LogP contribution in [0.15, 0.2) is 23.4 Å². The number of hydrogen-bond acceptors (Lipinski definition) is 4. The van der Waals surface area contributed by atoms with Crippen molar-refractivity contribution in [1.29, 1.82) is 0 Å². The standard InChI is InChI=1S/C10H15N3S/c11-8-3-4-10(13-6-8)14-7-9-2-1-5-12-9/h3-4,6,9,12H,1-2,5,7,11H2/t9-/m0/s1. The SMILES string of the molecule is Nc1ccc(SC[C@@H]2CCCN2)nc1. The topological polar surface area (TPSA) is 50.9 Å². The number of nitrogens with two attached hydrogens (primary N) is 1. The van der Waals surface area contributed by atoms with Gasteiger partial charge in [0, 0.05) is 11.8 Å². The number of nitrogens with one attached hydrogen (secondary N) is 1. The van der Waals surface area contributed by atoms with E-state index < -0.39 is 0 Å². The van der Waals surface area contributed by atoms with Crippen LogP contribution < -0.4 is 11.1 Å². The number of pyridine rings is 1. The molecule has 0 unspecified atom stereocenters. The normalized spacial score (nSPS) is 21.3. The third-order valence-corrected chi connectivity index (χ3v) is 3.46. The van der Waals surface area contributed by atoms with Gasteiger partial charge in [0.15, 0.2) is 0 Å². The van der Waals surface area contributed by atoms with Crippen molar-refractivity contribution in [3.05, 3.63) is 18.3 Å². The molecule has 1 aliphatic heterocycles. The highest BCUT2D eigenvalue weighted by atomic mass is 32.2. The minimum Gasteiger partial charge on any atom is -0.397 e. The molecule has 0 spiro atoms. The highest BCUT2D eigenvalue weighted by Gasteiger charge is 2.13. The molecule has 1 aromatic rings. The molecule has 1 aromatic heterocycles. The van der Waals surface area contributed by atoms with Crippen LogP contribution in [0.3, 0.4) is 0 Å². The maximum atomic E-state index is 5.56. The first-order valence-corrected chi connectivity index (χ1v) is 5.91. The van der Waals surface area contributed by atoms with E-state index in [9.17, 15) is 0 Å². The van der Waals surface area contributed by atoms with E-state index >= 15 is 0 Å². The summed E-state index contributed by atoms with van der Waals surface area (Å²) in [7, 11) is 0. The Bertz CT molecular complexity index is 280. The van der Waals surface area contributed by atoms with Gasteiger partial charge in [0.1, 0.15) is 0 Å². The average Bonchev–Trinajstić information content (AvgIpc) is 2.70. The highest BCUT2D eigenvalue weighted by molar-refractivity contribution is 7.99. The quantitative estimate of drug-likeness (QED) is 0.741. The lowest BCUT2D eigenvalue weighted by atomic mass is 10.3. The number of nitrogen functional groups attached to an aromatic ring is 1. The number of anilines is 1. The zero-order valence-corrected chi connectivity index (χ0v) is 8.89. The van der Waals surface area contributed by atoms with E-state index in [-0.39, 0.29) is 0 Å². The summed E-state index contributed by atoms with van der Waals surface area (Å²) in [6.07, 6.45) is 4.31. The molecule has 0 radical (unpaired) electrons. The molecule has 0 bridgehead atoms. The van der Waals surface area contributed by atoms with Gasteiger partial charge in [-0.05, 0) is 31.5 Å². The molecule has 0 saturated carbocycles. The predicted molar refractivity (Wildman–Crippen MR) is 60.4 cm³/mol. The third kappa shape index (κ3) is 2.62. The minimum atomic E-state index is 0.666. The van der Waals surface area contributed by atoms with Gasteiger partial charge >= 0.3 is 0 Å². The van der Waals surface area contributed by atoms with E-state index in [0.717, 1.165) is 16.5 Å². The molecule has 2 rings (SSSR count). The van der Waals surface area contributed by atoms with Gasteiger partial charge in [-0.1, -0.05) is 0 Å². The average molecular weight is 209 g/mol. The second kappa shape index (κ2) is 4.66. The van der Waals surface area contributed by atoms with Crippen molar-refractivity contribution in [2.45, 2.75) is 23.9 Å². The lowest BCUT2D eigenvalue weighted by Crippen LogP contribution is -2.23. The fourth-order valence-corrected chi connectivity index (χ4v) is 2.51. The largest absolute Gasteiger partial charge is 0.397 e. The number of thioether (sulfide) groups is 1. The Morgan fingerprint density at radius 1 is 1.57 bits per heavy atom. The molecular weight excluding hydrogens is 194 g/mol. The summed E-state index contributed by atoms with van der Waals surface area (Å²) < 4.78 is 0. The summed E-state index contributed by atoms with van der Waals surface area (Å²) >= 11 is 1.80. The van der Waals surface area contributed by atoms with Gasteiger partial charge < -0.3 is 11.1 Å². The molecule has 0 aromatic carbocycles. The Morgan fingerprint density at radius 3 is 3.14 bits per heavy atom. The van der Waals surface area contributed by atoms with E-state index in [2.05, 4.69) is 10.3 Å². The molecule has 3 N–H and O–H groups in total. The van der Waals surface area contributed by atoms with Crippen LogP contribution in [0.4, 0.5) is 5.69 Å². The van der Waals surface area contributed by atoms with Crippen LogP contribution in [0.5, 0.6) is 0 Å². The summed E-state index contributed by atoms with van der Waals surface area (Å²) in [5.74, 6) is 1.11. The monoisotopic (exact) mass is 209 g/mol. The van der Waals surface area contributed by atoms with Gasteiger partial charge in [-0.3, -0.25) is 0 Å². The second-order valence-corrected chi connectivity index (χ2v) is 4.57. The first-order valence-electron chi connectivity index (χ1n) is 4.92. The Morgan fingerprint density at radius 2 is 2.50 bits per heavy atom. The maximum absolute atomic E-state index is 5.56. The van der Waals surface area contributed by atoms with Gasteiger partial charge in [-0.25, -0.2) is 4.98 Å². The molecular formula is C10H15N3S. The fourth-order valence-electron chi connectivity index (χ4n) is 1.56. The van der Waals surface area contributed by atoms with Crippen molar-refractivity contribution >= 4 is 17.4 Å². The van der Waals surface area contributed by atoms with Crippen molar-refractivity contribution in [3.8, 4) is 0 Å². The zero-order chi connectivity index (χ0) is 9.80. The van der Waals surface area contributed by atoms with Crippen LogP contribution in [-0.2, 0) is 0 Å². The van der Waals surface area contributed by atoms with Crippen LogP contribution in [0.25, 0.3) is 0 Å². The minimum absolute atomic E-state index is 0.666. The lowest BCUT2D eigenvalue weighted by Gasteiger charge is -2.08. The van der Waals surface area contributed by atoms with Crippen LogP contribution in [0.2, 0.25) is 0 Å². The smallest absolute Gasteiger partial charge is 0.0962 e. The number of nitrogens with zero attached hydrogens (tertiary/aromatic N) is 1. The van der Waals surface area contributed by atoms with Crippen molar-refractivity contribution in [1.82, 2.24) is 10.3 Å². The molecule has 3 nitrogen and oxygen atoms in total. The molecule has 1 atom stereocenters. The Labute approximate surface area is 88.5 Å². The van der Waals surface area contributed by atoms with E-state index in [0.29, 0.717) is 6.04 Å². The second-order valence-electron chi connectivity index (χ2n) is 3.53. The summed E-state index contributed by atoms with van der Waals surface area (Å²) in [4.78, 5) is 4.25. The van der Waals surface area contributed by atoms with E-state index in [1.54, 1.807) is 18.0 Å². The Kier molecular flexibility index (Phi) is 3.26. The molecule has 1 saturated heterocycles. The summed E-state index contributed by atoms with van der Waals surface area (Å²) in [6, 6.07) is 4.55. The van der Waals surface area contributed by atoms with Crippen molar-refractivity contribution in [2.75, 3.05) is 18.0 Å². The molecule has 4 heteroatoms. The van der Waals surface area contributed by atoms with Crippen molar-refractivity contribution < 1.29 is 0 Å². The third-order valence-electron chi connectivity index (χ3n) is 2.35. The lowest BCUT2D eigenvalue weighted by molar-refractivity contribution is 0.673. The Hall–Kier alpha value is -0.740. The van der Waals surface area contributed by atoms with Crippen LogP contribution in [0, 0.1) is 0 Å². The predicted octanol–water partition coefficient (Wildman–Crippen LogP) is 1.51. The van der Waals surface area contributed by atoms with E-state index in [4.69, 9.17) is 5.73 Å². The molecule has 1 fully saturated rings. The zero-order valence-electron chi connectivity index (χ0n) is 8.07. The van der Waals surface area contributed by atoms with E-state index in [1.807, 2.05) is 12.1 Å². The van der Waals surface area contributed by atoms with Gasteiger partial charge in [0.2, 0.25) is 0 Å². The number of aromatic nitrogens is 1.